The third-order valence-electron chi connectivity index (χ3n) is 13.6. The predicted octanol–water partition coefficient (Wildman–Crippen LogP) is 5.48. The Bertz CT molecular complexity index is 2510. The Labute approximate surface area is 354 Å². The van der Waals surface area contributed by atoms with Crippen LogP contribution in [0.1, 0.15) is 106 Å². The second-order valence-corrected chi connectivity index (χ2v) is 17.5. The Balaban J connectivity index is 0.782. The van der Waals surface area contributed by atoms with Gasteiger partial charge >= 0.3 is 0 Å². The maximum Gasteiger partial charge on any atom is 0.256 e. The van der Waals surface area contributed by atoms with Crippen molar-refractivity contribution in [3.8, 4) is 0 Å². The number of piperidine rings is 3. The molecule has 0 radical (unpaired) electrons. The molecule has 0 bridgehead atoms. The lowest BCUT2D eigenvalue weighted by atomic mass is 9.94. The molecule has 15 nitrogen and oxygen atoms in total. The van der Waals surface area contributed by atoms with E-state index in [1.54, 1.807) is 12.1 Å². The van der Waals surface area contributed by atoms with Gasteiger partial charge in [0.05, 0.1) is 28.3 Å². The number of carbonyl (C=O) groups excluding carboxylic acids is 5. The van der Waals surface area contributed by atoms with Gasteiger partial charge < -0.3 is 25.0 Å². The highest BCUT2D eigenvalue weighted by molar-refractivity contribution is 6.07. The number of imide groups is 1. The number of hydrogen-bond donors (Lipinski definition) is 3. The number of H-pyrrole nitrogens is 1. The fraction of sp³-hybridized carbons (Fsp3) is 0.457. The number of aromatic nitrogens is 4. The summed E-state index contributed by atoms with van der Waals surface area (Å²) >= 11 is 0. The van der Waals surface area contributed by atoms with Gasteiger partial charge in [0.1, 0.15) is 11.9 Å². The van der Waals surface area contributed by atoms with Gasteiger partial charge in [0, 0.05) is 97.8 Å². The zero-order chi connectivity index (χ0) is 42.4. The Morgan fingerprint density at radius 2 is 1.75 bits per heavy atom. The summed E-state index contributed by atoms with van der Waals surface area (Å²) in [6.45, 7) is 7.82. The van der Waals surface area contributed by atoms with Gasteiger partial charge in [0.2, 0.25) is 11.8 Å². The fourth-order valence-electron chi connectivity index (χ4n) is 10.0. The molecule has 5 aromatic rings. The van der Waals surface area contributed by atoms with E-state index in [0.717, 1.165) is 105 Å². The number of hydrogen-bond acceptors (Lipinski definition) is 10. The van der Waals surface area contributed by atoms with Crippen molar-refractivity contribution in [1.29, 1.82) is 0 Å². The van der Waals surface area contributed by atoms with Crippen LogP contribution in [0, 0.1) is 12.8 Å². The molecule has 4 saturated heterocycles. The van der Waals surface area contributed by atoms with Crippen LogP contribution in [0.25, 0.3) is 21.8 Å². The number of nitrogens with one attached hydrogen (secondary N) is 3. The van der Waals surface area contributed by atoms with Gasteiger partial charge in [-0.15, -0.1) is 0 Å². The van der Waals surface area contributed by atoms with Gasteiger partial charge in [-0.05, 0) is 108 Å². The predicted molar refractivity (Wildman–Crippen MR) is 233 cm³/mol. The molecule has 2 aromatic carbocycles. The minimum Gasteiger partial charge on any atom is -0.371 e. The average molecular weight is 827 g/mol. The third-order valence-corrected chi connectivity index (χ3v) is 13.6. The molecule has 4 aliphatic rings. The number of benzene rings is 2. The number of rotatable bonds is 10. The normalized spacial score (nSPS) is 21.0. The van der Waals surface area contributed by atoms with Crippen molar-refractivity contribution in [2.75, 3.05) is 63.6 Å². The van der Waals surface area contributed by atoms with Crippen LogP contribution in [0.15, 0.2) is 54.7 Å². The SMILES string of the molecule is Cc1nn(C2CCN(CC3CCN(c4ccc(C(=O)N(C)C5CCC(=O)NC5=O)c(C=O)c4)CC3)CC2)c2cc(C(=O)Nc3cc4[nH]c(C5CCCN5C)cc4cn3)ccc12. The molecule has 0 saturated carbocycles. The molecular formula is C46H54N10O5. The summed E-state index contributed by atoms with van der Waals surface area (Å²) in [6.07, 6.45) is 9.26. The number of aromatic amines is 1. The van der Waals surface area contributed by atoms with Crippen LogP contribution in [0.4, 0.5) is 11.5 Å². The van der Waals surface area contributed by atoms with Crippen molar-refractivity contribution in [1.82, 2.24) is 39.8 Å². The number of pyridine rings is 1. The molecule has 0 aliphatic carbocycles. The van der Waals surface area contributed by atoms with Crippen LogP contribution in [0.2, 0.25) is 0 Å². The molecule has 0 spiro atoms. The highest BCUT2D eigenvalue weighted by atomic mass is 16.2. The van der Waals surface area contributed by atoms with Gasteiger partial charge in [-0.25, -0.2) is 4.98 Å². The monoisotopic (exact) mass is 826 g/mol. The molecule has 318 valence electrons. The van der Waals surface area contributed by atoms with E-state index >= 15 is 0 Å². The van der Waals surface area contributed by atoms with Crippen LogP contribution in [0.5, 0.6) is 0 Å². The molecule has 61 heavy (non-hydrogen) atoms. The van der Waals surface area contributed by atoms with Gasteiger partial charge in [-0.2, -0.15) is 5.10 Å². The second-order valence-electron chi connectivity index (χ2n) is 17.5. The number of fused-ring (bicyclic) bond motifs is 2. The Morgan fingerprint density at radius 3 is 2.49 bits per heavy atom. The number of aryl methyl sites for hydroxylation is 1. The van der Waals surface area contributed by atoms with Crippen molar-refractivity contribution < 1.29 is 24.0 Å². The highest BCUT2D eigenvalue weighted by Gasteiger charge is 2.34. The van der Waals surface area contributed by atoms with Crippen molar-refractivity contribution in [3.63, 3.8) is 0 Å². The van der Waals surface area contributed by atoms with Crippen molar-refractivity contribution in [2.45, 2.75) is 76.4 Å². The van der Waals surface area contributed by atoms with Gasteiger partial charge in [0.15, 0.2) is 6.29 Å². The summed E-state index contributed by atoms with van der Waals surface area (Å²) < 4.78 is 2.14. The molecule has 3 N–H and O–H groups in total. The number of nitrogens with zero attached hydrogens (tertiary/aromatic N) is 7. The van der Waals surface area contributed by atoms with E-state index in [1.165, 1.54) is 24.1 Å². The Hall–Kier alpha value is -5.93. The molecule has 2 atom stereocenters. The molecule has 7 heterocycles. The molecule has 2 unspecified atom stereocenters. The standard InChI is InChI=1S/C46H54N10O5/c1-28-35-8-6-30(44(59)49-42-24-37-31(25-47-42)22-38(48-37)39-5-4-16-52(39)2)23-41(35)56(51-28)33-14-17-54(18-15-33)26-29-12-19-55(20-13-29)34-7-9-36(32(21-34)27-57)46(61)53(3)40-10-11-43(58)50-45(40)60/h6-9,21-25,27,29,33,39-40,48H,4-5,10-20,26H2,1-3H3,(H,47,49,59)(H,50,58,60). The molecule has 3 aromatic heterocycles. The average Bonchev–Trinajstić information content (AvgIpc) is 3.99. The van der Waals surface area contributed by atoms with Crippen LogP contribution in [-0.4, -0.2) is 124 Å². The number of aldehydes is 1. The maximum absolute atomic E-state index is 13.6. The first-order valence-electron chi connectivity index (χ1n) is 21.7. The van der Waals surface area contributed by atoms with Crippen LogP contribution in [0.3, 0.4) is 0 Å². The summed E-state index contributed by atoms with van der Waals surface area (Å²) in [4.78, 5) is 79.7. The van der Waals surface area contributed by atoms with Gasteiger partial charge in [-0.3, -0.25) is 38.9 Å². The first-order valence-corrected chi connectivity index (χ1v) is 21.7. The van der Waals surface area contributed by atoms with Crippen molar-refractivity contribution in [3.05, 3.63) is 82.8 Å². The van der Waals surface area contributed by atoms with E-state index in [1.807, 2.05) is 43.5 Å². The maximum atomic E-state index is 13.6. The topological polar surface area (TPSA) is 169 Å². The van der Waals surface area contributed by atoms with E-state index in [4.69, 9.17) is 5.10 Å². The number of likely N-dealkylation sites (tertiary alicyclic amines) is 2. The van der Waals surface area contributed by atoms with Gasteiger partial charge in [0.25, 0.3) is 11.8 Å². The van der Waals surface area contributed by atoms with E-state index in [2.05, 4.69) is 53.1 Å². The quantitative estimate of drug-likeness (QED) is 0.121. The second kappa shape index (κ2) is 16.8. The van der Waals surface area contributed by atoms with E-state index in [9.17, 15) is 24.0 Å². The Morgan fingerprint density at radius 1 is 0.951 bits per heavy atom. The Kier molecular flexibility index (Phi) is 11.2. The van der Waals surface area contributed by atoms with Crippen LogP contribution < -0.4 is 15.5 Å². The zero-order valence-electron chi connectivity index (χ0n) is 35.2. The highest BCUT2D eigenvalue weighted by Crippen LogP contribution is 2.34. The summed E-state index contributed by atoms with van der Waals surface area (Å²) in [5.74, 6) is -0.394. The lowest BCUT2D eigenvalue weighted by Gasteiger charge is -2.38. The van der Waals surface area contributed by atoms with Crippen molar-refractivity contribution in [2.24, 2.45) is 5.92 Å². The molecule has 4 amide bonds. The summed E-state index contributed by atoms with van der Waals surface area (Å²) in [5.41, 5.74) is 6.10. The molecular weight excluding hydrogens is 773 g/mol. The lowest BCUT2D eigenvalue weighted by molar-refractivity contribution is -0.136. The molecule has 15 heteroatoms. The minimum atomic E-state index is -0.759. The van der Waals surface area contributed by atoms with Gasteiger partial charge in [-0.1, -0.05) is 6.07 Å². The van der Waals surface area contributed by atoms with E-state index < -0.39 is 17.9 Å². The van der Waals surface area contributed by atoms with Crippen molar-refractivity contribution >= 4 is 63.2 Å². The number of anilines is 2. The zero-order valence-corrected chi connectivity index (χ0v) is 35.2. The fourth-order valence-corrected chi connectivity index (χ4v) is 10.0. The summed E-state index contributed by atoms with van der Waals surface area (Å²) in [5, 5.41) is 12.4. The number of amides is 4. The smallest absolute Gasteiger partial charge is 0.256 e. The molecule has 9 rings (SSSR count). The number of likely N-dealkylation sites (N-methyl/N-ethyl adjacent to an activating group) is 1. The first kappa shape index (κ1) is 40.5. The van der Waals surface area contributed by atoms with Crippen LogP contribution in [-0.2, 0) is 9.59 Å². The largest absolute Gasteiger partial charge is 0.371 e. The van der Waals surface area contributed by atoms with E-state index in [-0.39, 0.29) is 41.8 Å². The number of carbonyl (C=O) groups is 5. The summed E-state index contributed by atoms with van der Waals surface area (Å²) in [6, 6.07) is 15.1. The van der Waals surface area contributed by atoms with E-state index in [0.29, 0.717) is 29.6 Å². The van der Waals surface area contributed by atoms with Crippen LogP contribution >= 0.6 is 0 Å². The molecule has 4 aliphatic heterocycles. The minimum absolute atomic E-state index is 0.167. The summed E-state index contributed by atoms with van der Waals surface area (Å²) in [7, 11) is 3.69. The third kappa shape index (κ3) is 8.16. The lowest BCUT2D eigenvalue weighted by Crippen LogP contribution is -2.53. The first-order chi connectivity index (χ1) is 29.5. The molecule has 4 fully saturated rings.